The van der Waals surface area contributed by atoms with Crippen molar-refractivity contribution < 1.29 is 0 Å². The van der Waals surface area contributed by atoms with Gasteiger partial charge in [-0.3, -0.25) is 0 Å². The van der Waals surface area contributed by atoms with E-state index in [1.54, 1.807) is 0 Å². The molecule has 0 amide bonds. The molecule has 1 aromatic heterocycles. The van der Waals surface area contributed by atoms with Crippen LogP contribution in [0.3, 0.4) is 0 Å². The van der Waals surface area contributed by atoms with Gasteiger partial charge in [0.15, 0.2) is 0 Å². The number of aromatic nitrogens is 2. The molecular formula is C12H15N3. The molecule has 0 unspecified atom stereocenters. The van der Waals surface area contributed by atoms with Crippen LogP contribution in [0.4, 0.5) is 5.69 Å². The van der Waals surface area contributed by atoms with Gasteiger partial charge in [-0.1, -0.05) is 13.8 Å². The molecule has 0 bridgehead atoms. The van der Waals surface area contributed by atoms with Gasteiger partial charge >= 0.3 is 0 Å². The van der Waals surface area contributed by atoms with Gasteiger partial charge in [-0.15, -0.1) is 0 Å². The van der Waals surface area contributed by atoms with Crippen molar-refractivity contribution in [3.8, 4) is 0 Å². The first-order chi connectivity index (χ1) is 7.24. The number of imidazole rings is 1. The van der Waals surface area contributed by atoms with E-state index in [-0.39, 0.29) is 0 Å². The Morgan fingerprint density at radius 2 is 2.20 bits per heavy atom. The van der Waals surface area contributed by atoms with Crippen molar-refractivity contribution in [1.29, 1.82) is 0 Å². The van der Waals surface area contributed by atoms with Gasteiger partial charge in [0.2, 0.25) is 0 Å². The Hall–Kier alpha value is -1.51. The molecule has 0 spiro atoms. The summed E-state index contributed by atoms with van der Waals surface area (Å²) in [6.07, 6.45) is 1.13. The first kappa shape index (κ1) is 8.77. The molecule has 78 valence electrons. The van der Waals surface area contributed by atoms with Crippen molar-refractivity contribution in [2.45, 2.75) is 26.2 Å². The molecule has 3 heteroatoms. The van der Waals surface area contributed by atoms with Crippen LogP contribution in [0, 0.1) is 0 Å². The average molecular weight is 201 g/mol. The monoisotopic (exact) mass is 201 g/mol. The molecule has 15 heavy (non-hydrogen) atoms. The highest BCUT2D eigenvalue weighted by Crippen LogP contribution is 2.27. The van der Waals surface area contributed by atoms with E-state index in [4.69, 9.17) is 0 Å². The van der Waals surface area contributed by atoms with E-state index in [1.807, 2.05) is 0 Å². The lowest BCUT2D eigenvalue weighted by atomic mass is 10.1. The molecule has 2 aromatic rings. The number of nitrogens with one attached hydrogen (secondary N) is 2. The summed E-state index contributed by atoms with van der Waals surface area (Å²) in [5, 5.41) is 3.38. The molecule has 1 aromatic carbocycles. The van der Waals surface area contributed by atoms with Crippen LogP contribution in [-0.2, 0) is 6.42 Å². The van der Waals surface area contributed by atoms with Gasteiger partial charge in [0.25, 0.3) is 0 Å². The molecule has 0 fully saturated rings. The molecule has 1 aliphatic heterocycles. The van der Waals surface area contributed by atoms with Gasteiger partial charge in [0, 0.05) is 18.2 Å². The molecule has 0 saturated carbocycles. The Kier molecular flexibility index (Phi) is 1.75. The van der Waals surface area contributed by atoms with E-state index in [9.17, 15) is 0 Å². The van der Waals surface area contributed by atoms with Crippen LogP contribution in [0.5, 0.6) is 0 Å². The summed E-state index contributed by atoms with van der Waals surface area (Å²) in [5.41, 5.74) is 4.90. The summed E-state index contributed by atoms with van der Waals surface area (Å²) < 4.78 is 0. The van der Waals surface area contributed by atoms with Crippen molar-refractivity contribution in [2.75, 3.05) is 11.9 Å². The van der Waals surface area contributed by atoms with Crippen LogP contribution in [0.1, 0.15) is 31.2 Å². The summed E-state index contributed by atoms with van der Waals surface area (Å²) in [4.78, 5) is 7.98. The maximum Gasteiger partial charge on any atom is 0.109 e. The van der Waals surface area contributed by atoms with Crippen molar-refractivity contribution in [3.05, 3.63) is 23.5 Å². The topological polar surface area (TPSA) is 40.7 Å². The predicted molar refractivity (Wildman–Crippen MR) is 62.4 cm³/mol. The number of fused-ring (bicyclic) bond motifs is 2. The highest BCUT2D eigenvalue weighted by Gasteiger charge is 2.13. The molecule has 2 heterocycles. The molecular weight excluding hydrogens is 186 g/mol. The number of anilines is 1. The zero-order valence-electron chi connectivity index (χ0n) is 9.09. The average Bonchev–Trinajstić information content (AvgIpc) is 2.77. The number of nitrogens with zero attached hydrogens (tertiary/aromatic N) is 1. The quantitative estimate of drug-likeness (QED) is 0.744. The standard InChI is InChI=1S/C12H15N3/c1-7(2)12-14-10-5-8-3-4-13-9(8)6-11(10)15-12/h5-7,13H,3-4H2,1-2H3,(H,14,15). The molecule has 1 aliphatic rings. The summed E-state index contributed by atoms with van der Waals surface area (Å²) >= 11 is 0. The predicted octanol–water partition coefficient (Wildman–Crippen LogP) is 2.65. The molecule has 0 saturated heterocycles. The van der Waals surface area contributed by atoms with Crippen molar-refractivity contribution in [3.63, 3.8) is 0 Å². The maximum absolute atomic E-state index is 4.59. The number of aromatic amines is 1. The van der Waals surface area contributed by atoms with E-state index in [0.717, 1.165) is 24.3 Å². The van der Waals surface area contributed by atoms with Crippen molar-refractivity contribution >= 4 is 16.7 Å². The first-order valence-electron chi connectivity index (χ1n) is 5.50. The molecule has 0 radical (unpaired) electrons. The third kappa shape index (κ3) is 1.30. The third-order valence-electron chi connectivity index (χ3n) is 2.98. The van der Waals surface area contributed by atoms with Gasteiger partial charge in [-0.2, -0.15) is 0 Å². The van der Waals surface area contributed by atoms with Crippen LogP contribution in [0.2, 0.25) is 0 Å². The lowest BCUT2D eigenvalue weighted by Gasteiger charge is -1.97. The molecule has 3 nitrogen and oxygen atoms in total. The fraction of sp³-hybridized carbons (Fsp3) is 0.417. The molecule has 0 atom stereocenters. The summed E-state index contributed by atoms with van der Waals surface area (Å²) in [7, 11) is 0. The fourth-order valence-electron chi connectivity index (χ4n) is 2.10. The van der Waals surface area contributed by atoms with Crippen molar-refractivity contribution in [2.24, 2.45) is 0 Å². The lowest BCUT2D eigenvalue weighted by molar-refractivity contribution is 0.799. The van der Waals surface area contributed by atoms with Crippen LogP contribution in [-0.4, -0.2) is 16.5 Å². The van der Waals surface area contributed by atoms with Gasteiger partial charge < -0.3 is 10.3 Å². The highest BCUT2D eigenvalue weighted by atomic mass is 14.9. The highest BCUT2D eigenvalue weighted by molar-refractivity contribution is 5.82. The fourth-order valence-corrected chi connectivity index (χ4v) is 2.10. The number of hydrogen-bond donors (Lipinski definition) is 2. The second-order valence-electron chi connectivity index (χ2n) is 4.48. The molecule has 0 aliphatic carbocycles. The Morgan fingerprint density at radius 3 is 3.00 bits per heavy atom. The first-order valence-corrected chi connectivity index (χ1v) is 5.50. The third-order valence-corrected chi connectivity index (χ3v) is 2.98. The number of H-pyrrole nitrogens is 1. The normalized spacial score (nSPS) is 14.6. The van der Waals surface area contributed by atoms with E-state index in [2.05, 4.69) is 41.3 Å². The zero-order valence-corrected chi connectivity index (χ0v) is 9.09. The number of rotatable bonds is 1. The van der Waals surface area contributed by atoms with Crippen LogP contribution >= 0.6 is 0 Å². The molecule has 2 N–H and O–H groups in total. The van der Waals surface area contributed by atoms with Crippen LogP contribution < -0.4 is 5.32 Å². The Labute approximate surface area is 88.9 Å². The van der Waals surface area contributed by atoms with E-state index < -0.39 is 0 Å². The van der Waals surface area contributed by atoms with Gasteiger partial charge in [-0.25, -0.2) is 4.98 Å². The second kappa shape index (κ2) is 2.99. The van der Waals surface area contributed by atoms with Crippen molar-refractivity contribution in [1.82, 2.24) is 9.97 Å². The molecule has 3 rings (SSSR count). The lowest BCUT2D eigenvalue weighted by Crippen LogP contribution is -1.91. The summed E-state index contributed by atoms with van der Waals surface area (Å²) in [5.74, 6) is 1.54. The zero-order chi connectivity index (χ0) is 10.4. The Bertz CT molecular complexity index is 470. The second-order valence-corrected chi connectivity index (χ2v) is 4.48. The van der Waals surface area contributed by atoms with Gasteiger partial charge in [0.05, 0.1) is 11.0 Å². The largest absolute Gasteiger partial charge is 0.384 e. The van der Waals surface area contributed by atoms with Crippen LogP contribution in [0.15, 0.2) is 12.1 Å². The number of benzene rings is 1. The summed E-state index contributed by atoms with van der Waals surface area (Å²) in [6.45, 7) is 5.37. The minimum Gasteiger partial charge on any atom is -0.384 e. The van der Waals surface area contributed by atoms with Gasteiger partial charge in [0.1, 0.15) is 5.82 Å². The minimum atomic E-state index is 0.459. The Morgan fingerprint density at radius 1 is 1.33 bits per heavy atom. The SMILES string of the molecule is CC(C)c1nc2cc3c(cc2[nH]1)CCN3. The van der Waals surface area contributed by atoms with E-state index >= 15 is 0 Å². The van der Waals surface area contributed by atoms with Crippen LogP contribution in [0.25, 0.3) is 11.0 Å². The summed E-state index contributed by atoms with van der Waals surface area (Å²) in [6, 6.07) is 4.38. The van der Waals surface area contributed by atoms with Gasteiger partial charge in [-0.05, 0) is 24.1 Å². The van der Waals surface area contributed by atoms with E-state index in [0.29, 0.717) is 5.92 Å². The maximum atomic E-state index is 4.59. The number of hydrogen-bond acceptors (Lipinski definition) is 2. The van der Waals surface area contributed by atoms with E-state index in [1.165, 1.54) is 16.8 Å². The Balaban J connectivity index is 2.20. The minimum absolute atomic E-state index is 0.459. The smallest absolute Gasteiger partial charge is 0.109 e.